The molecule has 102 valence electrons. The molecular weight excluding hydrogens is 299 g/mol. The average Bonchev–Trinajstić information content (AvgIpc) is 2.81. The van der Waals surface area contributed by atoms with Gasteiger partial charge in [-0.05, 0) is 24.6 Å². The summed E-state index contributed by atoms with van der Waals surface area (Å²) in [6.07, 6.45) is 3.10. The molecule has 0 amide bonds. The Morgan fingerprint density at radius 1 is 1.30 bits per heavy atom. The second-order valence-corrected chi connectivity index (χ2v) is 5.26. The van der Waals surface area contributed by atoms with Crippen LogP contribution in [0.25, 0.3) is 11.2 Å². The number of benzene rings is 1. The monoisotopic (exact) mass is 308 g/mol. The summed E-state index contributed by atoms with van der Waals surface area (Å²) in [4.78, 5) is 21.9. The second-order valence-electron chi connectivity index (χ2n) is 4.42. The van der Waals surface area contributed by atoms with Crippen LogP contribution in [0, 0.1) is 0 Å². The summed E-state index contributed by atoms with van der Waals surface area (Å²) < 4.78 is 1.84. The van der Waals surface area contributed by atoms with Crippen molar-refractivity contribution in [1.29, 1.82) is 0 Å². The van der Waals surface area contributed by atoms with Crippen molar-refractivity contribution >= 4 is 34.4 Å². The molecule has 0 saturated carbocycles. The number of hydrogen-bond acceptors (Lipinski definition) is 3. The Morgan fingerprint density at radius 3 is 2.85 bits per heavy atom. The molecule has 1 N–H and O–H groups in total. The highest BCUT2D eigenvalue weighted by atomic mass is 35.5. The van der Waals surface area contributed by atoms with E-state index in [1.165, 1.54) is 6.20 Å². The predicted molar refractivity (Wildman–Crippen MR) is 78.4 cm³/mol. The summed E-state index contributed by atoms with van der Waals surface area (Å²) in [7, 11) is 0. The first-order valence-electron chi connectivity index (χ1n) is 5.93. The van der Waals surface area contributed by atoms with Crippen molar-refractivity contribution in [3.8, 4) is 0 Å². The molecule has 0 saturated heterocycles. The summed E-state index contributed by atoms with van der Waals surface area (Å²) in [6.45, 7) is 1.97. The van der Waals surface area contributed by atoms with Crippen molar-refractivity contribution in [2.45, 2.75) is 13.0 Å². The summed E-state index contributed by atoms with van der Waals surface area (Å²) in [5, 5.41) is 1.15. The van der Waals surface area contributed by atoms with E-state index >= 15 is 0 Å². The lowest BCUT2D eigenvalue weighted by Crippen LogP contribution is -2.13. The maximum Gasteiger partial charge on any atom is 0.346 e. The van der Waals surface area contributed by atoms with Crippen molar-refractivity contribution in [3.63, 3.8) is 0 Å². The van der Waals surface area contributed by atoms with Crippen LogP contribution < -0.4 is 5.69 Å². The molecule has 2 heterocycles. The van der Waals surface area contributed by atoms with Gasteiger partial charge >= 0.3 is 5.69 Å². The highest BCUT2D eigenvalue weighted by molar-refractivity contribution is 6.35. The molecule has 0 spiro atoms. The number of H-pyrrole nitrogens is 1. The largest absolute Gasteiger partial charge is 0.346 e. The number of aromatic amines is 1. The van der Waals surface area contributed by atoms with E-state index in [9.17, 15) is 4.79 Å². The van der Waals surface area contributed by atoms with Crippen molar-refractivity contribution < 1.29 is 0 Å². The first-order chi connectivity index (χ1) is 9.56. The Hall–Kier alpha value is -1.85. The van der Waals surface area contributed by atoms with Crippen LogP contribution in [0.5, 0.6) is 0 Å². The van der Waals surface area contributed by atoms with Gasteiger partial charge in [-0.15, -0.1) is 0 Å². The molecule has 0 aliphatic rings. The molecule has 3 aromatic rings. The third kappa shape index (κ3) is 2.19. The number of rotatable bonds is 2. The van der Waals surface area contributed by atoms with E-state index in [2.05, 4.69) is 15.0 Å². The zero-order valence-corrected chi connectivity index (χ0v) is 12.0. The zero-order valence-electron chi connectivity index (χ0n) is 10.5. The van der Waals surface area contributed by atoms with Crippen LogP contribution in [0.2, 0.25) is 10.0 Å². The average molecular weight is 309 g/mol. The smallest absolute Gasteiger partial charge is 0.309 e. The molecule has 3 rings (SSSR count). The standard InChI is InChI=1S/C13H10Cl2N4O/c1-7(9-3-2-8(14)4-10(9)15)19-6-17-11-5-16-13(20)18-12(11)19/h2-7H,1H3,(H,16,18,20)/t7-/m1/s1. The summed E-state index contributed by atoms with van der Waals surface area (Å²) in [5.41, 5.74) is 1.73. The second kappa shape index (κ2) is 4.92. The van der Waals surface area contributed by atoms with E-state index in [1.54, 1.807) is 18.5 Å². The SMILES string of the molecule is C[C@H](c1ccc(Cl)cc1Cl)n1cnc2cnc(=O)[nH]c21. The summed E-state index contributed by atoms with van der Waals surface area (Å²) >= 11 is 12.1. The lowest BCUT2D eigenvalue weighted by atomic mass is 10.1. The van der Waals surface area contributed by atoms with Gasteiger partial charge in [0.1, 0.15) is 11.2 Å². The highest BCUT2D eigenvalue weighted by Crippen LogP contribution is 2.29. The van der Waals surface area contributed by atoms with Gasteiger partial charge in [0.2, 0.25) is 0 Å². The number of halogens is 2. The third-order valence-electron chi connectivity index (χ3n) is 3.18. The molecule has 0 aliphatic heterocycles. The maximum atomic E-state index is 11.4. The van der Waals surface area contributed by atoms with Crippen molar-refractivity contribution in [2.75, 3.05) is 0 Å². The number of fused-ring (bicyclic) bond motifs is 1. The van der Waals surface area contributed by atoms with Gasteiger partial charge in [0.25, 0.3) is 0 Å². The van der Waals surface area contributed by atoms with Crippen LogP contribution in [0.3, 0.4) is 0 Å². The molecule has 7 heteroatoms. The van der Waals surface area contributed by atoms with E-state index in [0.29, 0.717) is 21.2 Å². The van der Waals surface area contributed by atoms with E-state index in [-0.39, 0.29) is 6.04 Å². The molecule has 5 nitrogen and oxygen atoms in total. The van der Waals surface area contributed by atoms with Gasteiger partial charge in [-0.1, -0.05) is 29.3 Å². The van der Waals surface area contributed by atoms with Crippen LogP contribution in [-0.4, -0.2) is 19.5 Å². The minimum Gasteiger partial charge on any atom is -0.309 e. The molecule has 2 aromatic heterocycles. The van der Waals surface area contributed by atoms with Crippen molar-refractivity contribution in [2.24, 2.45) is 0 Å². The maximum absolute atomic E-state index is 11.4. The Labute approximate surface area is 124 Å². The molecule has 0 aliphatic carbocycles. The first-order valence-corrected chi connectivity index (χ1v) is 6.68. The number of nitrogens with one attached hydrogen (secondary N) is 1. The Morgan fingerprint density at radius 2 is 2.10 bits per heavy atom. The van der Waals surface area contributed by atoms with Gasteiger partial charge in [0.15, 0.2) is 0 Å². The Bertz CT molecular complexity index is 840. The molecule has 0 fully saturated rings. The molecule has 0 radical (unpaired) electrons. The Balaban J connectivity index is 2.14. The fourth-order valence-corrected chi connectivity index (χ4v) is 2.70. The Kier molecular flexibility index (Phi) is 3.23. The van der Waals surface area contributed by atoms with Gasteiger partial charge in [-0.2, -0.15) is 4.98 Å². The predicted octanol–water partition coefficient (Wildman–Crippen LogP) is 3.04. The van der Waals surface area contributed by atoms with Crippen molar-refractivity contribution in [3.05, 3.63) is 56.8 Å². The van der Waals surface area contributed by atoms with Gasteiger partial charge in [0.05, 0.1) is 18.6 Å². The van der Waals surface area contributed by atoms with Crippen LogP contribution >= 0.6 is 23.2 Å². The normalized spacial score (nSPS) is 12.8. The van der Waals surface area contributed by atoms with Gasteiger partial charge in [-0.3, -0.25) is 4.98 Å². The first kappa shape index (κ1) is 13.1. The van der Waals surface area contributed by atoms with Crippen molar-refractivity contribution in [1.82, 2.24) is 19.5 Å². The minimum atomic E-state index is -0.409. The van der Waals surface area contributed by atoms with E-state index in [1.807, 2.05) is 17.6 Å². The number of aromatic nitrogens is 4. The number of hydrogen-bond donors (Lipinski definition) is 1. The fourth-order valence-electron chi connectivity index (χ4n) is 2.14. The topological polar surface area (TPSA) is 63.6 Å². The molecule has 0 bridgehead atoms. The third-order valence-corrected chi connectivity index (χ3v) is 3.74. The van der Waals surface area contributed by atoms with Gasteiger partial charge < -0.3 is 4.57 Å². The van der Waals surface area contributed by atoms with Gasteiger partial charge in [0, 0.05) is 10.0 Å². The van der Waals surface area contributed by atoms with Crippen LogP contribution in [-0.2, 0) is 0 Å². The van der Waals surface area contributed by atoms with Crippen LogP contribution in [0.4, 0.5) is 0 Å². The lowest BCUT2D eigenvalue weighted by molar-refractivity contribution is 0.651. The highest BCUT2D eigenvalue weighted by Gasteiger charge is 2.15. The minimum absolute atomic E-state index is 0.0946. The van der Waals surface area contributed by atoms with E-state index < -0.39 is 5.69 Å². The van der Waals surface area contributed by atoms with E-state index in [0.717, 1.165) is 5.56 Å². The quantitative estimate of drug-likeness (QED) is 0.791. The van der Waals surface area contributed by atoms with Gasteiger partial charge in [-0.25, -0.2) is 9.78 Å². The zero-order chi connectivity index (χ0) is 14.3. The van der Waals surface area contributed by atoms with Crippen LogP contribution in [0.1, 0.15) is 18.5 Å². The van der Waals surface area contributed by atoms with Crippen LogP contribution in [0.15, 0.2) is 35.5 Å². The summed E-state index contributed by atoms with van der Waals surface area (Å²) in [5.74, 6) is 0. The molecule has 1 atom stereocenters. The fraction of sp³-hybridized carbons (Fsp3) is 0.154. The lowest BCUT2D eigenvalue weighted by Gasteiger charge is -2.16. The summed E-state index contributed by atoms with van der Waals surface area (Å²) in [6, 6.07) is 5.24. The number of nitrogens with zero attached hydrogens (tertiary/aromatic N) is 3. The number of imidazole rings is 1. The molecular formula is C13H10Cl2N4O. The van der Waals surface area contributed by atoms with E-state index in [4.69, 9.17) is 23.2 Å². The molecule has 0 unspecified atom stereocenters. The molecule has 1 aromatic carbocycles. The molecule has 20 heavy (non-hydrogen) atoms.